The Morgan fingerprint density at radius 1 is 0.939 bits per heavy atom. The highest BCUT2D eigenvalue weighted by Crippen LogP contribution is 2.39. The first-order chi connectivity index (χ1) is 22.9. The maximum absolute atomic E-state index is 12.8. The van der Waals surface area contributed by atoms with Crippen LogP contribution in [0.5, 0.6) is 11.5 Å². The van der Waals surface area contributed by atoms with Crippen molar-refractivity contribution < 1.29 is 38.4 Å². The number of carbonyl (C=O) groups excluding carboxylic acids is 3. The number of ether oxygens (including phenoxy) is 4. The Morgan fingerprint density at radius 2 is 1.51 bits per heavy atom. The second kappa shape index (κ2) is 28.9. The van der Waals surface area contributed by atoms with E-state index in [1.54, 1.807) is 14.2 Å². The molecule has 2 amide bonds. The van der Waals surface area contributed by atoms with Crippen LogP contribution in [0.1, 0.15) is 114 Å². The summed E-state index contributed by atoms with van der Waals surface area (Å²) in [5, 5.41) is 13.5. The highest BCUT2D eigenvalue weighted by molar-refractivity contribution is 5.72. The smallest absolute Gasteiger partial charge is 0.308 e. The number of benzene rings is 1. The van der Waals surface area contributed by atoms with E-state index in [1.165, 1.54) is 0 Å². The van der Waals surface area contributed by atoms with Crippen LogP contribution in [0.15, 0.2) is 18.2 Å². The van der Waals surface area contributed by atoms with E-state index in [1.807, 2.05) is 45.9 Å². The molecule has 0 bridgehead atoms. The molecule has 6 N–H and O–H groups in total. The minimum atomic E-state index is -0.624. The van der Waals surface area contributed by atoms with E-state index >= 15 is 0 Å². The van der Waals surface area contributed by atoms with Crippen molar-refractivity contribution in [3.8, 4) is 11.5 Å². The van der Waals surface area contributed by atoms with Gasteiger partial charge in [-0.3, -0.25) is 14.4 Å². The average Bonchev–Trinajstić information content (AvgIpc) is 3.04. The third-order valence-corrected chi connectivity index (χ3v) is 7.73. The van der Waals surface area contributed by atoms with Gasteiger partial charge in [0.2, 0.25) is 12.8 Å². The topological polar surface area (TPSA) is 172 Å². The van der Waals surface area contributed by atoms with Crippen LogP contribution in [0.4, 0.5) is 0 Å². The number of aliphatic hydroxyl groups excluding tert-OH is 1. The summed E-state index contributed by atoms with van der Waals surface area (Å²) in [7, 11) is 3.26. The monoisotopic (exact) mass is 700 g/mol. The summed E-state index contributed by atoms with van der Waals surface area (Å²) in [5.74, 6) is 1.55. The fourth-order valence-corrected chi connectivity index (χ4v) is 4.42. The summed E-state index contributed by atoms with van der Waals surface area (Å²) in [6.07, 6.45) is 1.73. The maximum atomic E-state index is 12.8. The molecule has 288 valence electrons. The minimum absolute atomic E-state index is 0.0959. The molecule has 4 unspecified atom stereocenters. The Kier molecular flexibility index (Phi) is 29.8. The van der Waals surface area contributed by atoms with Crippen LogP contribution in [-0.4, -0.2) is 70.0 Å². The molecule has 0 aliphatic rings. The molecule has 1 aromatic carbocycles. The van der Waals surface area contributed by atoms with Crippen molar-refractivity contribution in [2.75, 3.05) is 34.0 Å². The second-order valence-electron chi connectivity index (χ2n) is 14.1. The Bertz CT molecular complexity index is 982. The van der Waals surface area contributed by atoms with Crippen molar-refractivity contribution in [1.29, 1.82) is 0 Å². The van der Waals surface area contributed by atoms with E-state index in [0.29, 0.717) is 49.4 Å². The van der Waals surface area contributed by atoms with Gasteiger partial charge in [-0.05, 0) is 53.7 Å². The van der Waals surface area contributed by atoms with Gasteiger partial charge in [-0.2, -0.15) is 0 Å². The number of rotatable bonds is 19. The van der Waals surface area contributed by atoms with Gasteiger partial charge in [-0.1, -0.05) is 89.2 Å². The number of amides is 2. The molecule has 49 heavy (non-hydrogen) atoms. The molecule has 0 aliphatic heterocycles. The molecular weight excluding hydrogens is 626 g/mol. The second-order valence-corrected chi connectivity index (χ2v) is 14.1. The Balaban J connectivity index is -0.00000138. The molecule has 11 heteroatoms. The number of nitrogens with one attached hydrogen (secondary N) is 1. The van der Waals surface area contributed by atoms with Crippen LogP contribution in [0, 0.1) is 35.0 Å². The lowest BCUT2D eigenvalue weighted by molar-refractivity contribution is -0.157. The zero-order valence-corrected chi connectivity index (χ0v) is 33.2. The average molecular weight is 700 g/mol. The van der Waals surface area contributed by atoms with Gasteiger partial charge in [-0.25, -0.2) is 0 Å². The van der Waals surface area contributed by atoms with Gasteiger partial charge in [0.05, 0.1) is 25.7 Å². The lowest BCUT2D eigenvalue weighted by atomic mass is 9.79. The molecule has 11 nitrogen and oxygen atoms in total. The van der Waals surface area contributed by atoms with Crippen molar-refractivity contribution in [3.05, 3.63) is 23.8 Å². The predicted molar refractivity (Wildman–Crippen MR) is 199 cm³/mol. The van der Waals surface area contributed by atoms with Crippen molar-refractivity contribution >= 4 is 18.8 Å². The Hall–Kier alpha value is -2.89. The summed E-state index contributed by atoms with van der Waals surface area (Å²) in [6.45, 7) is 26.3. The largest absolute Gasteiger partial charge is 0.493 e. The van der Waals surface area contributed by atoms with Crippen LogP contribution in [0.2, 0.25) is 0 Å². The van der Waals surface area contributed by atoms with E-state index < -0.39 is 18.2 Å². The number of hydrogen-bond donors (Lipinski definition) is 4. The van der Waals surface area contributed by atoms with E-state index in [-0.39, 0.29) is 35.5 Å². The molecule has 0 aliphatic carbocycles. The molecule has 5 atom stereocenters. The molecule has 0 aromatic heterocycles. The van der Waals surface area contributed by atoms with Gasteiger partial charge in [0, 0.05) is 38.6 Å². The van der Waals surface area contributed by atoms with Crippen LogP contribution >= 0.6 is 0 Å². The predicted octanol–water partition coefficient (Wildman–Crippen LogP) is 6.29. The molecule has 0 heterocycles. The fraction of sp³-hybridized carbons (Fsp3) is 0.763. The van der Waals surface area contributed by atoms with Gasteiger partial charge in [0.25, 0.3) is 0 Å². The molecule has 0 saturated heterocycles. The zero-order valence-electron chi connectivity index (χ0n) is 33.2. The first kappa shape index (κ1) is 50.5. The molecule has 0 spiro atoms. The van der Waals surface area contributed by atoms with Gasteiger partial charge in [0.1, 0.15) is 6.10 Å². The van der Waals surface area contributed by atoms with Gasteiger partial charge < -0.3 is 40.8 Å². The van der Waals surface area contributed by atoms with Crippen LogP contribution in [0.25, 0.3) is 0 Å². The first-order valence-corrected chi connectivity index (χ1v) is 17.7. The number of esters is 1. The number of hydrogen-bond acceptors (Lipinski definition) is 9. The zero-order chi connectivity index (χ0) is 38.7. The summed E-state index contributed by atoms with van der Waals surface area (Å²) in [4.78, 5) is 31.1. The molecular formula is C38H73N3O8. The molecule has 1 rings (SSSR count). The van der Waals surface area contributed by atoms with E-state index in [2.05, 4.69) is 66.4 Å². The fourth-order valence-electron chi connectivity index (χ4n) is 4.42. The standard InChI is InChI=1S/C29H51NO6.C6H13NO.C2H6.CH3NO/c1-18(2)21(7)15-25(31)24(30)17-23(19(3)4)28(36-29(32)20(5)6)22-11-12-26(34-9)27(16-22)35-14-10-13-33-8;1-6(2,3)4-7-5-8;1-2;2-1-3/h11-12,16,18-21,23-25,28,31H,10,13-15,17,30H2,1-9H3;5H,4H2,1-3H3,(H,7,8);1-2H3;1H,(H2,2,3)/t21?,23?,24?,25-,28?;;;/m0.../s1. The first-order valence-electron chi connectivity index (χ1n) is 17.7. The third-order valence-electron chi connectivity index (χ3n) is 7.73. The molecule has 0 fully saturated rings. The third kappa shape index (κ3) is 24.0. The van der Waals surface area contributed by atoms with Crippen molar-refractivity contribution in [2.45, 2.75) is 121 Å². The SMILES string of the molecule is CC.CC(C)(C)CNC=O.COCCCOc1cc(C(OC(=O)C(C)C)C(CC(N)[C@@H](O)CC(C)C(C)C)C(C)C)ccc1OC.NC=O. The number of carbonyl (C=O) groups is 3. The number of primary amides is 1. The van der Waals surface area contributed by atoms with Crippen molar-refractivity contribution in [1.82, 2.24) is 5.32 Å². The highest BCUT2D eigenvalue weighted by Gasteiger charge is 2.34. The Morgan fingerprint density at radius 3 is 1.92 bits per heavy atom. The van der Waals surface area contributed by atoms with Crippen molar-refractivity contribution in [2.24, 2.45) is 46.5 Å². The Labute approximate surface area is 298 Å². The highest BCUT2D eigenvalue weighted by atomic mass is 16.5. The quantitative estimate of drug-likeness (QED) is 0.0736. The lowest BCUT2D eigenvalue weighted by Gasteiger charge is -2.34. The van der Waals surface area contributed by atoms with Crippen molar-refractivity contribution in [3.63, 3.8) is 0 Å². The van der Waals surface area contributed by atoms with E-state index in [9.17, 15) is 14.7 Å². The summed E-state index contributed by atoms with van der Waals surface area (Å²) in [5.41, 5.74) is 11.7. The number of nitrogens with two attached hydrogens (primary N) is 2. The van der Waals surface area contributed by atoms with Gasteiger partial charge in [-0.15, -0.1) is 0 Å². The lowest BCUT2D eigenvalue weighted by Crippen LogP contribution is -2.40. The molecule has 0 radical (unpaired) electrons. The molecule has 1 aromatic rings. The minimum Gasteiger partial charge on any atom is -0.493 e. The van der Waals surface area contributed by atoms with Gasteiger partial charge in [0.15, 0.2) is 11.5 Å². The maximum Gasteiger partial charge on any atom is 0.308 e. The summed E-state index contributed by atoms with van der Waals surface area (Å²) in [6, 6.07) is 5.22. The van der Waals surface area contributed by atoms with Crippen LogP contribution < -0.4 is 26.3 Å². The normalized spacial score (nSPS) is 13.9. The van der Waals surface area contributed by atoms with E-state index in [4.69, 9.17) is 29.5 Å². The number of aliphatic hydroxyl groups is 1. The summed E-state index contributed by atoms with van der Waals surface area (Å²) >= 11 is 0. The van der Waals surface area contributed by atoms with Crippen LogP contribution in [0.3, 0.4) is 0 Å². The molecule has 0 saturated carbocycles. The number of methoxy groups -OCH3 is 2. The van der Waals surface area contributed by atoms with Gasteiger partial charge >= 0.3 is 5.97 Å². The summed E-state index contributed by atoms with van der Waals surface area (Å²) < 4.78 is 22.7. The van der Waals surface area contributed by atoms with Crippen LogP contribution in [-0.2, 0) is 23.9 Å². The van der Waals surface area contributed by atoms with E-state index in [0.717, 1.165) is 24.9 Å².